The van der Waals surface area contributed by atoms with E-state index in [1.54, 1.807) is 11.0 Å². The van der Waals surface area contributed by atoms with Gasteiger partial charge in [0.05, 0.1) is 17.1 Å². The predicted molar refractivity (Wildman–Crippen MR) is 73.8 cm³/mol. The van der Waals surface area contributed by atoms with Gasteiger partial charge in [-0.05, 0) is 12.5 Å². The van der Waals surface area contributed by atoms with Gasteiger partial charge in [0.15, 0.2) is 0 Å². The molecule has 2 rings (SSSR count). The first-order chi connectivity index (χ1) is 9.58. The fraction of sp³-hybridized carbons (Fsp3) is 0.462. The minimum absolute atomic E-state index is 0.0119. The minimum Gasteiger partial charge on any atom is -0.480 e. The second-order valence-corrected chi connectivity index (χ2v) is 5.08. The van der Waals surface area contributed by atoms with E-state index >= 15 is 0 Å². The fourth-order valence-electron chi connectivity index (χ4n) is 2.24. The Balaban J connectivity index is 2.02. The molecule has 6 nitrogen and oxygen atoms in total. The molecule has 1 aromatic rings. The van der Waals surface area contributed by atoms with Crippen LogP contribution in [0.25, 0.3) is 0 Å². The third-order valence-electron chi connectivity index (χ3n) is 3.24. The van der Waals surface area contributed by atoms with Gasteiger partial charge in [-0.1, -0.05) is 11.6 Å². The molecule has 1 aliphatic rings. The number of nitrogens with zero attached hydrogens (tertiary/aromatic N) is 3. The molecule has 0 spiro atoms. The number of carboxylic acids is 1. The molecular weight excluding hydrogens is 282 g/mol. The molecule has 108 valence electrons. The number of carboxylic acid groups (broad SMARTS) is 1. The fourth-order valence-corrected chi connectivity index (χ4v) is 2.44. The van der Waals surface area contributed by atoms with E-state index in [9.17, 15) is 9.59 Å². The van der Waals surface area contributed by atoms with Crippen molar-refractivity contribution in [2.45, 2.75) is 6.42 Å². The maximum absolute atomic E-state index is 12.4. The van der Waals surface area contributed by atoms with E-state index in [0.29, 0.717) is 36.8 Å². The summed E-state index contributed by atoms with van der Waals surface area (Å²) in [5.41, 5.74) is 0.438. The summed E-state index contributed by atoms with van der Waals surface area (Å²) in [6.07, 6.45) is 3.73. The zero-order valence-electron chi connectivity index (χ0n) is 11.0. The topological polar surface area (TPSA) is 73.7 Å². The summed E-state index contributed by atoms with van der Waals surface area (Å²) in [4.78, 5) is 30.5. The third-order valence-corrected chi connectivity index (χ3v) is 3.54. The summed E-state index contributed by atoms with van der Waals surface area (Å²) in [5, 5.41) is 9.14. The maximum atomic E-state index is 12.4. The zero-order valence-corrected chi connectivity index (χ0v) is 11.7. The van der Waals surface area contributed by atoms with Crippen molar-refractivity contribution in [2.75, 3.05) is 32.7 Å². The standard InChI is InChI=1S/C13H16ClN3O3/c14-11-8-15-3-2-10(11)13(20)17-5-1-4-16(6-7-17)9-12(18)19/h2-3,8H,1,4-7,9H2,(H,18,19). The summed E-state index contributed by atoms with van der Waals surface area (Å²) in [6.45, 7) is 2.36. The van der Waals surface area contributed by atoms with Crippen LogP contribution in [0.5, 0.6) is 0 Å². The summed E-state index contributed by atoms with van der Waals surface area (Å²) >= 11 is 5.98. The lowest BCUT2D eigenvalue weighted by molar-refractivity contribution is -0.138. The Kier molecular flexibility index (Phi) is 4.92. The van der Waals surface area contributed by atoms with Crippen LogP contribution in [0.15, 0.2) is 18.5 Å². The Labute approximate surface area is 122 Å². The van der Waals surface area contributed by atoms with Gasteiger partial charge < -0.3 is 10.0 Å². The van der Waals surface area contributed by atoms with Crippen LogP contribution >= 0.6 is 11.6 Å². The van der Waals surface area contributed by atoms with Crippen molar-refractivity contribution in [3.8, 4) is 0 Å². The lowest BCUT2D eigenvalue weighted by Crippen LogP contribution is -2.36. The quantitative estimate of drug-likeness (QED) is 0.900. The number of rotatable bonds is 3. The number of halogens is 1. The second-order valence-electron chi connectivity index (χ2n) is 4.67. The van der Waals surface area contributed by atoms with E-state index in [0.717, 1.165) is 6.42 Å². The van der Waals surface area contributed by atoms with Gasteiger partial charge in [-0.3, -0.25) is 19.5 Å². The van der Waals surface area contributed by atoms with Gasteiger partial charge in [0, 0.05) is 38.6 Å². The molecule has 0 unspecified atom stereocenters. The molecule has 7 heteroatoms. The van der Waals surface area contributed by atoms with Gasteiger partial charge in [0.25, 0.3) is 5.91 Å². The van der Waals surface area contributed by atoms with Gasteiger partial charge >= 0.3 is 5.97 Å². The lowest BCUT2D eigenvalue weighted by atomic mass is 10.2. The summed E-state index contributed by atoms with van der Waals surface area (Å²) < 4.78 is 0. The highest BCUT2D eigenvalue weighted by Crippen LogP contribution is 2.17. The number of aromatic nitrogens is 1. The summed E-state index contributed by atoms with van der Waals surface area (Å²) in [7, 11) is 0. The van der Waals surface area contributed by atoms with E-state index in [-0.39, 0.29) is 12.5 Å². The average Bonchev–Trinajstić information content (AvgIpc) is 2.63. The first-order valence-electron chi connectivity index (χ1n) is 6.41. The normalized spacial score (nSPS) is 16.8. The van der Waals surface area contributed by atoms with E-state index < -0.39 is 5.97 Å². The van der Waals surface area contributed by atoms with Crippen molar-refractivity contribution in [3.63, 3.8) is 0 Å². The summed E-state index contributed by atoms with van der Waals surface area (Å²) in [5.74, 6) is -0.975. The van der Waals surface area contributed by atoms with E-state index in [4.69, 9.17) is 16.7 Å². The van der Waals surface area contributed by atoms with Gasteiger partial charge in [-0.15, -0.1) is 0 Å². The molecule has 0 aromatic carbocycles. The van der Waals surface area contributed by atoms with Gasteiger partial charge in [0.2, 0.25) is 0 Å². The predicted octanol–water partition coefficient (Wildman–Crippen LogP) is 0.967. The Morgan fingerprint density at radius 2 is 2.10 bits per heavy atom. The highest BCUT2D eigenvalue weighted by molar-refractivity contribution is 6.33. The number of carbonyl (C=O) groups excluding carboxylic acids is 1. The van der Waals surface area contributed by atoms with Crippen LogP contribution in [0, 0.1) is 0 Å². The van der Waals surface area contributed by atoms with Crippen molar-refractivity contribution in [1.29, 1.82) is 0 Å². The van der Waals surface area contributed by atoms with Crippen molar-refractivity contribution in [1.82, 2.24) is 14.8 Å². The molecule has 0 saturated carbocycles. The second kappa shape index (κ2) is 6.67. The van der Waals surface area contributed by atoms with Crippen LogP contribution in [0.1, 0.15) is 16.8 Å². The number of hydrogen-bond donors (Lipinski definition) is 1. The van der Waals surface area contributed by atoms with Crippen molar-refractivity contribution < 1.29 is 14.7 Å². The lowest BCUT2D eigenvalue weighted by Gasteiger charge is -2.21. The molecule has 1 fully saturated rings. The monoisotopic (exact) mass is 297 g/mol. The van der Waals surface area contributed by atoms with Crippen LogP contribution in [0.4, 0.5) is 0 Å². The number of aliphatic carboxylic acids is 1. The average molecular weight is 298 g/mol. The largest absolute Gasteiger partial charge is 0.480 e. The molecule has 0 bridgehead atoms. The Bertz CT molecular complexity index is 509. The molecule has 1 amide bonds. The molecule has 0 atom stereocenters. The zero-order chi connectivity index (χ0) is 14.5. The van der Waals surface area contributed by atoms with Crippen LogP contribution in [-0.4, -0.2) is 64.5 Å². The molecule has 0 radical (unpaired) electrons. The molecule has 1 saturated heterocycles. The first kappa shape index (κ1) is 14.7. The number of pyridine rings is 1. The SMILES string of the molecule is O=C(O)CN1CCCN(C(=O)c2ccncc2Cl)CC1. The van der Waals surface area contributed by atoms with Crippen molar-refractivity contribution in [3.05, 3.63) is 29.0 Å². The van der Waals surface area contributed by atoms with Crippen LogP contribution in [-0.2, 0) is 4.79 Å². The molecule has 1 aromatic heterocycles. The maximum Gasteiger partial charge on any atom is 0.317 e. The van der Waals surface area contributed by atoms with Gasteiger partial charge in [-0.25, -0.2) is 0 Å². The Morgan fingerprint density at radius 1 is 1.30 bits per heavy atom. The first-order valence-corrected chi connectivity index (χ1v) is 6.78. The highest BCUT2D eigenvalue weighted by Gasteiger charge is 2.22. The van der Waals surface area contributed by atoms with E-state index in [1.165, 1.54) is 12.4 Å². The van der Waals surface area contributed by atoms with Crippen LogP contribution in [0.3, 0.4) is 0 Å². The van der Waals surface area contributed by atoms with Gasteiger partial charge in [-0.2, -0.15) is 0 Å². The molecular formula is C13H16ClN3O3. The smallest absolute Gasteiger partial charge is 0.317 e. The Morgan fingerprint density at radius 3 is 2.80 bits per heavy atom. The highest BCUT2D eigenvalue weighted by atomic mass is 35.5. The Hall–Kier alpha value is -1.66. The van der Waals surface area contributed by atoms with E-state index in [1.807, 2.05) is 4.90 Å². The number of hydrogen-bond acceptors (Lipinski definition) is 4. The molecule has 1 aliphatic heterocycles. The molecule has 2 heterocycles. The molecule has 20 heavy (non-hydrogen) atoms. The minimum atomic E-state index is -0.845. The molecule has 1 N–H and O–H groups in total. The number of carbonyl (C=O) groups is 2. The third kappa shape index (κ3) is 3.68. The van der Waals surface area contributed by atoms with E-state index in [2.05, 4.69) is 4.98 Å². The van der Waals surface area contributed by atoms with Crippen molar-refractivity contribution >= 4 is 23.5 Å². The summed E-state index contributed by atoms with van der Waals surface area (Å²) in [6, 6.07) is 1.60. The molecule has 0 aliphatic carbocycles. The van der Waals surface area contributed by atoms with Crippen LogP contribution < -0.4 is 0 Å². The van der Waals surface area contributed by atoms with Crippen molar-refractivity contribution in [2.24, 2.45) is 0 Å². The van der Waals surface area contributed by atoms with Crippen LogP contribution in [0.2, 0.25) is 5.02 Å². The van der Waals surface area contributed by atoms with Gasteiger partial charge in [0.1, 0.15) is 0 Å². The number of amides is 1.